The molecule has 0 bridgehead atoms. The van der Waals surface area contributed by atoms with Crippen LogP contribution in [0.3, 0.4) is 0 Å². The molecule has 4 heteroatoms. The highest BCUT2D eigenvalue weighted by molar-refractivity contribution is 5.78. The van der Waals surface area contributed by atoms with Crippen molar-refractivity contribution in [3.8, 4) is 11.5 Å². The molecule has 1 atom stereocenters. The van der Waals surface area contributed by atoms with E-state index in [1.54, 1.807) is 14.2 Å². The van der Waals surface area contributed by atoms with Crippen molar-refractivity contribution in [1.82, 2.24) is 0 Å². The summed E-state index contributed by atoms with van der Waals surface area (Å²) in [4.78, 5) is 12.1. The topological polar surface area (TPSA) is 61.5 Å². The lowest BCUT2D eigenvalue weighted by Gasteiger charge is -2.13. The van der Waals surface area contributed by atoms with E-state index in [0.717, 1.165) is 12.0 Å². The van der Waals surface area contributed by atoms with Crippen LogP contribution in [0.2, 0.25) is 0 Å². The Morgan fingerprint density at radius 2 is 1.63 bits per heavy atom. The number of nitrogens with two attached hydrogens (primary N) is 1. The Balaban J connectivity index is 0.00000176. The summed E-state index contributed by atoms with van der Waals surface area (Å²) in [5.41, 5.74) is 8.48. The maximum Gasteiger partial charge on any atom is 0.160 e. The molecule has 2 rings (SSSR count). The number of aryl methyl sites for hydroxylation is 1. The van der Waals surface area contributed by atoms with Crippen LogP contribution in [0.4, 0.5) is 0 Å². The highest BCUT2D eigenvalue weighted by Gasteiger charge is 2.11. The van der Waals surface area contributed by atoms with Crippen LogP contribution in [0.15, 0.2) is 61.7 Å². The van der Waals surface area contributed by atoms with E-state index in [4.69, 9.17) is 15.2 Å². The third kappa shape index (κ3) is 8.09. The lowest BCUT2D eigenvalue weighted by Crippen LogP contribution is -2.24. The molecule has 146 valence electrons. The molecule has 2 aromatic rings. The molecule has 0 fully saturated rings. The first-order valence-electron chi connectivity index (χ1n) is 9.14. The van der Waals surface area contributed by atoms with Crippen molar-refractivity contribution in [2.75, 3.05) is 14.2 Å². The lowest BCUT2D eigenvalue weighted by atomic mass is 9.99. The summed E-state index contributed by atoms with van der Waals surface area (Å²) in [5.74, 6) is 1.67. The molecule has 0 aliphatic carbocycles. The molecular formula is C23H31NO3. The van der Waals surface area contributed by atoms with Gasteiger partial charge in [-0.3, -0.25) is 4.79 Å². The smallest absolute Gasteiger partial charge is 0.160 e. The van der Waals surface area contributed by atoms with Gasteiger partial charge in [0.15, 0.2) is 11.5 Å². The van der Waals surface area contributed by atoms with Crippen LogP contribution in [-0.2, 0) is 17.6 Å². The molecule has 4 nitrogen and oxygen atoms in total. The lowest BCUT2D eigenvalue weighted by molar-refractivity contribution is -0.119. The summed E-state index contributed by atoms with van der Waals surface area (Å²) in [6.45, 7) is 6.00. The average Bonchev–Trinajstić information content (AvgIpc) is 2.72. The number of Topliss-reactive ketones (excluding diaryl/α,β-unsaturated/α-hetero) is 1. The first kappa shape index (κ1) is 22.5. The van der Waals surface area contributed by atoms with E-state index >= 15 is 0 Å². The Morgan fingerprint density at radius 1 is 0.963 bits per heavy atom. The summed E-state index contributed by atoms with van der Waals surface area (Å²) >= 11 is 0. The third-order valence-corrected chi connectivity index (χ3v) is 4.28. The number of ketones is 1. The maximum atomic E-state index is 12.1. The van der Waals surface area contributed by atoms with E-state index in [9.17, 15) is 4.79 Å². The minimum atomic E-state index is -0.0428. The summed E-state index contributed by atoms with van der Waals surface area (Å²) < 4.78 is 10.5. The number of carbonyl (C=O) groups excluding carboxylic acids is 1. The summed E-state index contributed by atoms with van der Waals surface area (Å²) in [7, 11) is 3.23. The van der Waals surface area contributed by atoms with Gasteiger partial charge in [-0.1, -0.05) is 36.4 Å². The quantitative estimate of drug-likeness (QED) is 0.632. The molecule has 0 spiro atoms. The summed E-state index contributed by atoms with van der Waals surface area (Å²) in [5, 5.41) is 0. The number of rotatable bonds is 10. The number of benzene rings is 2. The third-order valence-electron chi connectivity index (χ3n) is 4.28. The highest BCUT2D eigenvalue weighted by Crippen LogP contribution is 2.28. The molecule has 0 aliphatic heterocycles. The van der Waals surface area contributed by atoms with Gasteiger partial charge in [-0.2, -0.15) is 0 Å². The standard InChI is InChI=1S/C21H27NO3.C2H4/c1-24-20-13-9-17(15-21(20)25-2)14-18(22)10-12-19(23)11-8-16-6-4-3-5-7-16;1-2/h3-7,9,13,15,18H,8,10-12,14,22H2,1-2H3;1-2H2. The van der Waals surface area contributed by atoms with Gasteiger partial charge in [-0.15, -0.1) is 13.2 Å². The zero-order valence-corrected chi connectivity index (χ0v) is 16.4. The summed E-state index contributed by atoms with van der Waals surface area (Å²) in [6.07, 6.45) is 3.31. The van der Waals surface area contributed by atoms with Crippen LogP contribution < -0.4 is 15.2 Å². The molecule has 0 heterocycles. The Bertz CT molecular complexity index is 685. The largest absolute Gasteiger partial charge is 0.493 e. The number of carbonyl (C=O) groups is 1. The van der Waals surface area contributed by atoms with E-state index < -0.39 is 0 Å². The number of hydrogen-bond donors (Lipinski definition) is 1. The van der Waals surface area contributed by atoms with E-state index in [-0.39, 0.29) is 11.8 Å². The fourth-order valence-corrected chi connectivity index (χ4v) is 2.81. The molecule has 2 aromatic carbocycles. The minimum absolute atomic E-state index is 0.0428. The molecule has 0 saturated carbocycles. The van der Waals surface area contributed by atoms with Crippen molar-refractivity contribution in [1.29, 1.82) is 0 Å². The van der Waals surface area contributed by atoms with Gasteiger partial charge < -0.3 is 15.2 Å². The Kier molecular flexibility index (Phi) is 10.6. The van der Waals surface area contributed by atoms with Crippen LogP contribution in [0.25, 0.3) is 0 Å². The maximum absolute atomic E-state index is 12.1. The Labute approximate surface area is 163 Å². The fourth-order valence-electron chi connectivity index (χ4n) is 2.81. The average molecular weight is 370 g/mol. The first-order valence-corrected chi connectivity index (χ1v) is 9.14. The van der Waals surface area contributed by atoms with Gasteiger partial charge in [0.2, 0.25) is 0 Å². The Hall–Kier alpha value is -2.59. The van der Waals surface area contributed by atoms with Crippen molar-refractivity contribution in [3.05, 3.63) is 72.8 Å². The second-order valence-electron chi connectivity index (χ2n) is 6.22. The minimum Gasteiger partial charge on any atom is -0.493 e. The monoisotopic (exact) mass is 369 g/mol. The van der Waals surface area contributed by atoms with Gasteiger partial charge in [0.05, 0.1) is 14.2 Å². The highest BCUT2D eigenvalue weighted by atomic mass is 16.5. The zero-order valence-electron chi connectivity index (χ0n) is 16.4. The molecule has 0 aliphatic rings. The molecular weight excluding hydrogens is 338 g/mol. The SMILES string of the molecule is C=C.COc1ccc(CC(N)CCC(=O)CCc2ccccc2)cc1OC. The first-order chi connectivity index (χ1) is 13.1. The molecule has 2 N–H and O–H groups in total. The van der Waals surface area contributed by atoms with E-state index in [1.807, 2.05) is 36.4 Å². The zero-order chi connectivity index (χ0) is 20.1. The van der Waals surface area contributed by atoms with Crippen LogP contribution in [0.5, 0.6) is 11.5 Å². The molecule has 0 radical (unpaired) electrons. The van der Waals surface area contributed by atoms with Gasteiger partial charge in [-0.05, 0) is 42.5 Å². The van der Waals surface area contributed by atoms with Crippen LogP contribution in [0.1, 0.15) is 30.4 Å². The number of methoxy groups -OCH3 is 2. The fraction of sp³-hybridized carbons (Fsp3) is 0.348. The molecule has 27 heavy (non-hydrogen) atoms. The van der Waals surface area contributed by atoms with Gasteiger partial charge >= 0.3 is 0 Å². The predicted octanol–water partition coefficient (Wildman–Crippen LogP) is 4.36. The van der Waals surface area contributed by atoms with Gasteiger partial charge in [0, 0.05) is 18.9 Å². The van der Waals surface area contributed by atoms with Crippen LogP contribution >= 0.6 is 0 Å². The predicted molar refractivity (Wildman–Crippen MR) is 111 cm³/mol. The van der Waals surface area contributed by atoms with Crippen LogP contribution in [0, 0.1) is 0 Å². The second-order valence-corrected chi connectivity index (χ2v) is 6.22. The van der Waals surface area contributed by atoms with Gasteiger partial charge in [0.25, 0.3) is 0 Å². The van der Waals surface area contributed by atoms with Gasteiger partial charge in [-0.25, -0.2) is 0 Å². The second kappa shape index (κ2) is 12.7. The van der Waals surface area contributed by atoms with Crippen molar-refractivity contribution in [2.45, 2.75) is 38.1 Å². The van der Waals surface area contributed by atoms with Crippen molar-refractivity contribution < 1.29 is 14.3 Å². The molecule has 1 unspecified atom stereocenters. The summed E-state index contributed by atoms with van der Waals surface area (Å²) in [6, 6.07) is 15.8. The van der Waals surface area contributed by atoms with Crippen molar-refractivity contribution in [3.63, 3.8) is 0 Å². The van der Waals surface area contributed by atoms with E-state index in [1.165, 1.54) is 5.56 Å². The molecule has 0 aromatic heterocycles. The normalized spacial score (nSPS) is 11.1. The van der Waals surface area contributed by atoms with Crippen LogP contribution in [-0.4, -0.2) is 26.0 Å². The number of hydrogen-bond acceptors (Lipinski definition) is 4. The van der Waals surface area contributed by atoms with E-state index in [2.05, 4.69) is 25.3 Å². The van der Waals surface area contributed by atoms with E-state index in [0.29, 0.717) is 37.2 Å². The van der Waals surface area contributed by atoms with Crippen molar-refractivity contribution in [2.24, 2.45) is 5.73 Å². The number of ether oxygens (including phenoxy) is 2. The van der Waals surface area contributed by atoms with Crippen molar-refractivity contribution >= 4 is 5.78 Å². The Morgan fingerprint density at radius 3 is 2.26 bits per heavy atom. The van der Waals surface area contributed by atoms with Gasteiger partial charge in [0.1, 0.15) is 5.78 Å². The molecule has 0 amide bonds. The molecule has 0 saturated heterocycles.